The molecule has 5 N–H and O–H groups in total. The van der Waals surface area contributed by atoms with Crippen molar-refractivity contribution in [3.63, 3.8) is 0 Å². The third-order valence-corrected chi connectivity index (χ3v) is 13.6. The number of benzene rings is 4. The number of Topliss-reactive ketones (excluding diaryl/α,β-unsaturated/α-hetero) is 1. The standard InChI is InChI=1S/C52H57F2N9O7/c53-34-26-33(27-35(54)29-34)25-32-10-13-42-41(28-32)48(60-59-42)58-49(66)39-12-11-37(30-44(39)56-36-16-23-70-24-17-36)62-21-19-61(20-22-62)31-38(64)7-4-2-1-3-5-18-55-43-9-6-8-40-47(43)52(69)63(51(40)68)45-14-15-46(65)57-50(45)67/h6,8-13,26-30,36,45,55-56H,1-5,7,14-25,31H2,(H,57,65,67)(H2,58,59,60,66). The number of piperidine rings is 1. The van der Waals surface area contributed by atoms with Gasteiger partial charge in [-0.2, -0.15) is 5.10 Å². The molecular formula is C52H57F2N9O7. The average Bonchev–Trinajstić information content (AvgIpc) is 3.85. The van der Waals surface area contributed by atoms with Crippen LogP contribution in [0.5, 0.6) is 0 Å². The van der Waals surface area contributed by atoms with E-state index >= 15 is 0 Å². The third-order valence-electron chi connectivity index (χ3n) is 13.6. The number of H-pyrrole nitrogens is 1. The Balaban J connectivity index is 0.720. The fourth-order valence-electron chi connectivity index (χ4n) is 9.85. The predicted octanol–water partition coefficient (Wildman–Crippen LogP) is 6.82. The second kappa shape index (κ2) is 21.7. The first-order chi connectivity index (χ1) is 34.0. The van der Waals surface area contributed by atoms with Crippen LogP contribution in [0, 0.1) is 11.6 Å². The summed E-state index contributed by atoms with van der Waals surface area (Å²) >= 11 is 0. The monoisotopic (exact) mass is 957 g/mol. The molecule has 0 aliphatic carbocycles. The highest BCUT2D eigenvalue weighted by atomic mass is 19.1. The molecule has 70 heavy (non-hydrogen) atoms. The number of nitrogens with zero attached hydrogens (tertiary/aromatic N) is 4. The topological polar surface area (TPSA) is 198 Å². The summed E-state index contributed by atoms with van der Waals surface area (Å²) in [6.45, 7) is 5.16. The SMILES string of the molecule is O=C(CCCCCCCNc1cccc2c1C(=O)N(C1CCC(=O)NC1=O)C2=O)CN1CCN(c2ccc(C(=O)Nc3n[nH]c4ccc(Cc5cc(F)cc(F)c5)cc34)c(NC3CCOCC3)c2)CC1. The van der Waals surface area contributed by atoms with Gasteiger partial charge in [-0.3, -0.25) is 49.0 Å². The first kappa shape index (κ1) is 48.0. The summed E-state index contributed by atoms with van der Waals surface area (Å²) in [5, 5.41) is 20.2. The lowest BCUT2D eigenvalue weighted by atomic mass is 10.0. The van der Waals surface area contributed by atoms with Gasteiger partial charge in [0.2, 0.25) is 11.8 Å². The number of piperazine rings is 1. The summed E-state index contributed by atoms with van der Waals surface area (Å²) in [6.07, 6.45) is 7.05. The number of halogens is 2. The van der Waals surface area contributed by atoms with E-state index in [9.17, 15) is 37.5 Å². The van der Waals surface area contributed by atoms with Gasteiger partial charge in [0.05, 0.1) is 28.8 Å². The van der Waals surface area contributed by atoms with Gasteiger partial charge in [-0.05, 0) is 104 Å². The Morgan fingerprint density at radius 2 is 1.56 bits per heavy atom. The minimum Gasteiger partial charge on any atom is -0.384 e. The highest BCUT2D eigenvalue weighted by Crippen LogP contribution is 2.33. The summed E-state index contributed by atoms with van der Waals surface area (Å²) in [4.78, 5) is 83.1. The van der Waals surface area contributed by atoms with Gasteiger partial charge in [-0.1, -0.05) is 31.4 Å². The molecule has 0 spiro atoms. The van der Waals surface area contributed by atoms with E-state index in [1.165, 1.54) is 12.1 Å². The molecule has 4 aliphatic heterocycles. The van der Waals surface area contributed by atoms with Gasteiger partial charge >= 0.3 is 0 Å². The van der Waals surface area contributed by atoms with Crippen LogP contribution in [0.4, 0.5) is 31.7 Å². The maximum atomic E-state index is 14.0. The summed E-state index contributed by atoms with van der Waals surface area (Å²) in [7, 11) is 0. The lowest BCUT2D eigenvalue weighted by molar-refractivity contribution is -0.136. The van der Waals surface area contributed by atoms with Crippen molar-refractivity contribution >= 4 is 69.1 Å². The van der Waals surface area contributed by atoms with Crippen LogP contribution in [0.2, 0.25) is 0 Å². The number of anilines is 4. The number of rotatable bonds is 19. The number of ether oxygens (including phenoxy) is 1. The summed E-state index contributed by atoms with van der Waals surface area (Å²) in [5.74, 6) is -3.16. The first-order valence-corrected chi connectivity index (χ1v) is 24.3. The molecule has 0 bridgehead atoms. The third kappa shape index (κ3) is 11.2. The summed E-state index contributed by atoms with van der Waals surface area (Å²) in [5.41, 5.74) is 5.19. The van der Waals surface area contributed by atoms with Crippen LogP contribution in [-0.4, -0.2) is 120 Å². The molecule has 5 amide bonds. The smallest absolute Gasteiger partial charge is 0.264 e. The second-order valence-electron chi connectivity index (χ2n) is 18.5. The Kier molecular flexibility index (Phi) is 14.9. The van der Waals surface area contributed by atoms with Crippen molar-refractivity contribution in [1.29, 1.82) is 0 Å². The molecule has 9 rings (SSSR count). The van der Waals surface area contributed by atoms with Gasteiger partial charge in [-0.25, -0.2) is 8.78 Å². The number of ketones is 1. The van der Waals surface area contributed by atoms with E-state index in [1.807, 2.05) is 36.4 Å². The predicted molar refractivity (Wildman–Crippen MR) is 260 cm³/mol. The number of aromatic amines is 1. The van der Waals surface area contributed by atoms with Crippen LogP contribution in [0.25, 0.3) is 10.9 Å². The minimum absolute atomic E-state index is 0.0641. The van der Waals surface area contributed by atoms with Gasteiger partial charge in [0.15, 0.2) is 5.82 Å². The lowest BCUT2D eigenvalue weighted by Gasteiger charge is -2.36. The van der Waals surface area contributed by atoms with Gasteiger partial charge in [0, 0.05) is 93.3 Å². The second-order valence-corrected chi connectivity index (χ2v) is 18.5. The van der Waals surface area contributed by atoms with Crippen molar-refractivity contribution in [2.75, 3.05) is 73.3 Å². The van der Waals surface area contributed by atoms with Gasteiger partial charge in [-0.15, -0.1) is 0 Å². The molecule has 3 saturated heterocycles. The zero-order valence-electron chi connectivity index (χ0n) is 38.9. The molecule has 0 radical (unpaired) electrons. The molecule has 1 atom stereocenters. The van der Waals surface area contributed by atoms with E-state index in [0.29, 0.717) is 78.4 Å². The summed E-state index contributed by atoms with van der Waals surface area (Å²) < 4.78 is 33.4. The zero-order valence-corrected chi connectivity index (χ0v) is 38.9. The molecule has 16 nitrogen and oxygen atoms in total. The van der Waals surface area contributed by atoms with Crippen molar-refractivity contribution in [2.45, 2.75) is 82.7 Å². The fraction of sp³-hybridized carbons (Fsp3) is 0.404. The molecule has 4 aliphatic rings. The van der Waals surface area contributed by atoms with E-state index in [0.717, 1.165) is 93.3 Å². The average molecular weight is 958 g/mol. The molecule has 0 saturated carbocycles. The maximum Gasteiger partial charge on any atom is 0.264 e. The van der Waals surface area contributed by atoms with Crippen LogP contribution in [-0.2, 0) is 25.5 Å². The number of nitrogens with one attached hydrogen (secondary N) is 5. The fourth-order valence-corrected chi connectivity index (χ4v) is 9.85. The van der Waals surface area contributed by atoms with Gasteiger partial charge < -0.3 is 25.6 Å². The molecule has 1 unspecified atom stereocenters. The number of fused-ring (bicyclic) bond motifs is 2. The number of hydrogen-bond acceptors (Lipinski definition) is 12. The quantitative estimate of drug-likeness (QED) is 0.0429. The zero-order chi connectivity index (χ0) is 48.7. The molecule has 18 heteroatoms. The first-order valence-electron chi connectivity index (χ1n) is 24.3. The van der Waals surface area contributed by atoms with E-state index < -0.39 is 41.3 Å². The highest BCUT2D eigenvalue weighted by Gasteiger charge is 2.45. The van der Waals surface area contributed by atoms with Crippen LogP contribution < -0.4 is 26.2 Å². The maximum absolute atomic E-state index is 14.0. The van der Waals surface area contributed by atoms with Crippen molar-refractivity contribution in [1.82, 2.24) is 25.3 Å². The highest BCUT2D eigenvalue weighted by molar-refractivity contribution is 6.25. The number of aromatic nitrogens is 2. The normalized spacial score (nSPS) is 17.8. The van der Waals surface area contributed by atoms with Gasteiger partial charge in [0.25, 0.3) is 17.7 Å². The molecule has 4 aromatic carbocycles. The Hall–Kier alpha value is -7.05. The van der Waals surface area contributed by atoms with E-state index in [-0.39, 0.29) is 41.7 Å². The van der Waals surface area contributed by atoms with Crippen molar-refractivity contribution < 1.29 is 42.3 Å². The van der Waals surface area contributed by atoms with Crippen molar-refractivity contribution in [2.24, 2.45) is 0 Å². The van der Waals surface area contributed by atoms with Crippen LogP contribution >= 0.6 is 0 Å². The van der Waals surface area contributed by atoms with Crippen LogP contribution in [0.3, 0.4) is 0 Å². The largest absolute Gasteiger partial charge is 0.384 e. The van der Waals surface area contributed by atoms with Crippen LogP contribution in [0.15, 0.2) is 72.8 Å². The number of carbonyl (C=O) groups excluding carboxylic acids is 6. The van der Waals surface area contributed by atoms with E-state index in [2.05, 4.69) is 41.3 Å². The molecule has 5 aromatic rings. The molecule has 1 aromatic heterocycles. The number of hydrogen-bond donors (Lipinski definition) is 5. The Labute approximate surface area is 403 Å². The number of amides is 5. The number of imide groups is 2. The number of carbonyl (C=O) groups is 6. The Morgan fingerprint density at radius 1 is 0.786 bits per heavy atom. The van der Waals surface area contributed by atoms with Crippen molar-refractivity contribution in [3.8, 4) is 0 Å². The molecule has 366 valence electrons. The van der Waals surface area contributed by atoms with E-state index in [4.69, 9.17) is 4.74 Å². The number of unbranched alkanes of at least 4 members (excludes halogenated alkanes) is 4. The van der Waals surface area contributed by atoms with Gasteiger partial charge in [0.1, 0.15) is 23.5 Å². The van der Waals surface area contributed by atoms with Crippen molar-refractivity contribution in [3.05, 3.63) is 112 Å². The molecule has 3 fully saturated rings. The molecular weight excluding hydrogens is 901 g/mol. The summed E-state index contributed by atoms with van der Waals surface area (Å²) in [6, 6.07) is 19.0. The van der Waals surface area contributed by atoms with E-state index in [1.54, 1.807) is 18.2 Å². The minimum atomic E-state index is -1.01. The lowest BCUT2D eigenvalue weighted by Crippen LogP contribution is -2.54. The molecule has 5 heterocycles. The van der Waals surface area contributed by atoms with Crippen LogP contribution in [0.1, 0.15) is 106 Å². The Morgan fingerprint density at radius 3 is 2.34 bits per heavy atom. The Bertz CT molecular complexity index is 2780.